The standard InChI is InChI=1S/C14H11Cl2FO2/c15-10-6-5-8(7-11(10)16)13-9(14(13)17)3-1-2-4-12(18)19/h1-7,9,13-14H,(H,18,19). The largest absolute Gasteiger partial charge is 0.478 e. The van der Waals surface area contributed by atoms with E-state index in [4.69, 9.17) is 28.3 Å². The van der Waals surface area contributed by atoms with Crippen LogP contribution in [0.1, 0.15) is 11.5 Å². The molecule has 0 bridgehead atoms. The number of carbonyl (C=O) groups is 1. The van der Waals surface area contributed by atoms with E-state index in [0.29, 0.717) is 10.0 Å². The average molecular weight is 301 g/mol. The van der Waals surface area contributed by atoms with Gasteiger partial charge in [-0.2, -0.15) is 0 Å². The number of aliphatic carboxylic acids is 1. The maximum Gasteiger partial charge on any atom is 0.328 e. The Balaban J connectivity index is 2.03. The number of benzene rings is 1. The second-order valence-electron chi connectivity index (χ2n) is 4.30. The maximum absolute atomic E-state index is 13.7. The summed E-state index contributed by atoms with van der Waals surface area (Å²) in [5, 5.41) is 9.26. The lowest BCUT2D eigenvalue weighted by atomic mass is 10.1. The Bertz CT molecular complexity index is 554. The van der Waals surface area contributed by atoms with Crippen LogP contribution in [0.25, 0.3) is 0 Å². The van der Waals surface area contributed by atoms with Crippen molar-refractivity contribution in [1.82, 2.24) is 0 Å². The molecule has 0 heterocycles. The van der Waals surface area contributed by atoms with Gasteiger partial charge in [0.1, 0.15) is 6.17 Å². The lowest BCUT2D eigenvalue weighted by Crippen LogP contribution is -1.84. The van der Waals surface area contributed by atoms with Gasteiger partial charge in [0.15, 0.2) is 0 Å². The minimum atomic E-state index is -1.03. The molecule has 0 radical (unpaired) electrons. The Morgan fingerprint density at radius 2 is 2.00 bits per heavy atom. The highest BCUT2D eigenvalue weighted by atomic mass is 35.5. The summed E-state index contributed by atoms with van der Waals surface area (Å²) in [5.74, 6) is -1.50. The number of carboxylic acid groups (broad SMARTS) is 1. The summed E-state index contributed by atoms with van der Waals surface area (Å²) in [5.41, 5.74) is 0.804. The molecule has 1 fully saturated rings. The minimum absolute atomic E-state index is 0.232. The van der Waals surface area contributed by atoms with Crippen molar-refractivity contribution in [2.75, 3.05) is 0 Å². The van der Waals surface area contributed by atoms with Gasteiger partial charge < -0.3 is 5.11 Å². The zero-order chi connectivity index (χ0) is 14.0. The van der Waals surface area contributed by atoms with Crippen molar-refractivity contribution in [1.29, 1.82) is 0 Å². The Labute approximate surface area is 120 Å². The van der Waals surface area contributed by atoms with Crippen molar-refractivity contribution in [3.05, 3.63) is 58.1 Å². The molecule has 100 valence electrons. The fourth-order valence-corrected chi connectivity index (χ4v) is 2.28. The van der Waals surface area contributed by atoms with Crippen LogP contribution < -0.4 is 0 Å². The molecule has 1 aliphatic carbocycles. The highest BCUT2D eigenvalue weighted by Gasteiger charge is 2.50. The van der Waals surface area contributed by atoms with Gasteiger partial charge in [-0.15, -0.1) is 0 Å². The third kappa shape index (κ3) is 3.37. The predicted molar refractivity (Wildman–Crippen MR) is 73.5 cm³/mol. The van der Waals surface area contributed by atoms with E-state index in [1.807, 2.05) is 0 Å². The molecule has 0 saturated heterocycles. The Morgan fingerprint density at radius 3 is 2.63 bits per heavy atom. The SMILES string of the molecule is O=C(O)C=CC=CC1C(F)C1c1ccc(Cl)c(Cl)c1. The molecule has 1 aromatic rings. The molecule has 3 atom stereocenters. The molecule has 1 N–H and O–H groups in total. The summed E-state index contributed by atoms with van der Waals surface area (Å²) >= 11 is 11.7. The number of alkyl halides is 1. The van der Waals surface area contributed by atoms with Crippen LogP contribution >= 0.6 is 23.2 Å². The quantitative estimate of drug-likeness (QED) is 0.667. The van der Waals surface area contributed by atoms with Gasteiger partial charge in [0, 0.05) is 17.9 Å². The lowest BCUT2D eigenvalue weighted by molar-refractivity contribution is -0.131. The van der Waals surface area contributed by atoms with Crippen LogP contribution in [0.3, 0.4) is 0 Å². The van der Waals surface area contributed by atoms with E-state index < -0.39 is 12.1 Å². The summed E-state index contributed by atoms with van der Waals surface area (Å²) in [4.78, 5) is 10.3. The van der Waals surface area contributed by atoms with Crippen LogP contribution in [0.15, 0.2) is 42.5 Å². The summed E-state index contributed by atoms with van der Waals surface area (Å²) in [6.07, 6.45) is 4.62. The van der Waals surface area contributed by atoms with Crippen molar-refractivity contribution in [2.24, 2.45) is 5.92 Å². The number of halogens is 3. The van der Waals surface area contributed by atoms with Crippen LogP contribution in [0.2, 0.25) is 10.0 Å². The van der Waals surface area contributed by atoms with Gasteiger partial charge >= 0.3 is 5.97 Å². The normalized spacial score (nSPS) is 26.2. The summed E-state index contributed by atoms with van der Waals surface area (Å²) in [6.45, 7) is 0. The zero-order valence-electron chi connectivity index (χ0n) is 9.76. The number of carboxylic acids is 1. The second kappa shape index (κ2) is 5.76. The molecule has 2 rings (SSSR count). The van der Waals surface area contributed by atoms with E-state index in [0.717, 1.165) is 11.6 Å². The number of hydrogen-bond acceptors (Lipinski definition) is 1. The first-order chi connectivity index (χ1) is 9.00. The van der Waals surface area contributed by atoms with E-state index in [1.165, 1.54) is 6.08 Å². The predicted octanol–water partition coefficient (Wildman–Crippen LogP) is 4.24. The third-order valence-electron chi connectivity index (χ3n) is 3.00. The van der Waals surface area contributed by atoms with E-state index in [-0.39, 0.29) is 11.8 Å². The molecule has 19 heavy (non-hydrogen) atoms. The second-order valence-corrected chi connectivity index (χ2v) is 5.12. The average Bonchev–Trinajstić information content (AvgIpc) is 2.99. The number of hydrogen-bond donors (Lipinski definition) is 1. The highest BCUT2D eigenvalue weighted by molar-refractivity contribution is 6.42. The zero-order valence-corrected chi connectivity index (χ0v) is 11.3. The molecule has 0 aliphatic heterocycles. The van der Waals surface area contributed by atoms with Crippen molar-refractivity contribution < 1.29 is 14.3 Å². The molecular formula is C14H11Cl2FO2. The van der Waals surface area contributed by atoms with Gasteiger partial charge in [0.2, 0.25) is 0 Å². The van der Waals surface area contributed by atoms with Crippen LogP contribution in [0.4, 0.5) is 4.39 Å². The van der Waals surface area contributed by atoms with Gasteiger partial charge in [0.25, 0.3) is 0 Å². The third-order valence-corrected chi connectivity index (χ3v) is 3.74. The molecule has 0 amide bonds. The monoisotopic (exact) mass is 300 g/mol. The fourth-order valence-electron chi connectivity index (χ4n) is 1.98. The molecule has 2 nitrogen and oxygen atoms in total. The first-order valence-corrected chi connectivity index (χ1v) is 6.43. The summed E-state index contributed by atoms with van der Waals surface area (Å²) in [7, 11) is 0. The number of rotatable bonds is 4. The van der Waals surface area contributed by atoms with Crippen molar-refractivity contribution in [3.8, 4) is 0 Å². The smallest absolute Gasteiger partial charge is 0.328 e. The van der Waals surface area contributed by atoms with Crippen LogP contribution in [-0.4, -0.2) is 17.2 Å². The van der Waals surface area contributed by atoms with Crippen LogP contribution in [-0.2, 0) is 4.79 Å². The molecule has 5 heteroatoms. The van der Waals surface area contributed by atoms with Gasteiger partial charge in [-0.3, -0.25) is 0 Å². The highest BCUT2D eigenvalue weighted by Crippen LogP contribution is 2.51. The molecule has 1 aliphatic rings. The van der Waals surface area contributed by atoms with E-state index >= 15 is 0 Å². The van der Waals surface area contributed by atoms with E-state index in [1.54, 1.807) is 30.4 Å². The molecule has 1 aromatic carbocycles. The molecule has 3 unspecified atom stereocenters. The topological polar surface area (TPSA) is 37.3 Å². The number of allylic oxidation sites excluding steroid dienone is 3. The molecular weight excluding hydrogens is 290 g/mol. The Morgan fingerprint density at radius 1 is 1.26 bits per heavy atom. The first-order valence-electron chi connectivity index (χ1n) is 5.67. The Hall–Kier alpha value is -1.32. The summed E-state index contributed by atoms with van der Waals surface area (Å²) < 4.78 is 13.7. The van der Waals surface area contributed by atoms with Gasteiger partial charge in [-0.05, 0) is 17.7 Å². The van der Waals surface area contributed by atoms with Crippen LogP contribution in [0, 0.1) is 5.92 Å². The van der Waals surface area contributed by atoms with Crippen molar-refractivity contribution in [2.45, 2.75) is 12.1 Å². The van der Waals surface area contributed by atoms with Gasteiger partial charge in [-0.25, -0.2) is 9.18 Å². The lowest BCUT2D eigenvalue weighted by Gasteiger charge is -2.00. The molecule has 0 aromatic heterocycles. The summed E-state index contributed by atoms with van der Waals surface area (Å²) in [6, 6.07) is 5.07. The van der Waals surface area contributed by atoms with Crippen molar-refractivity contribution >= 4 is 29.2 Å². The van der Waals surface area contributed by atoms with Crippen molar-refractivity contribution in [3.63, 3.8) is 0 Å². The van der Waals surface area contributed by atoms with Gasteiger partial charge in [-0.1, -0.05) is 47.5 Å². The van der Waals surface area contributed by atoms with E-state index in [2.05, 4.69) is 0 Å². The van der Waals surface area contributed by atoms with Gasteiger partial charge in [0.05, 0.1) is 10.0 Å². The maximum atomic E-state index is 13.7. The minimum Gasteiger partial charge on any atom is -0.478 e. The van der Waals surface area contributed by atoms with E-state index in [9.17, 15) is 9.18 Å². The Kier molecular flexibility index (Phi) is 4.27. The first kappa shape index (κ1) is 14.1. The molecule has 1 saturated carbocycles. The fraction of sp³-hybridized carbons (Fsp3) is 0.214. The molecule has 0 spiro atoms. The van der Waals surface area contributed by atoms with Crippen LogP contribution in [0.5, 0.6) is 0 Å².